The van der Waals surface area contributed by atoms with Gasteiger partial charge in [0.1, 0.15) is 0 Å². The second-order valence-corrected chi connectivity index (χ2v) is 10.2. The molecule has 0 aromatic heterocycles. The first-order chi connectivity index (χ1) is 13.1. The Morgan fingerprint density at radius 3 is 2.43 bits per heavy atom. The SMILES string of the molecule is CC[C@@H]1C(C)C[C@@H](C(C)c2cc(C)ccc2C(=O)C2=CC(C)=C(C)C2)C1(C)C. The van der Waals surface area contributed by atoms with Crippen LogP contribution in [0, 0.1) is 30.1 Å². The van der Waals surface area contributed by atoms with Crippen molar-refractivity contribution < 1.29 is 4.79 Å². The van der Waals surface area contributed by atoms with E-state index >= 15 is 0 Å². The van der Waals surface area contributed by atoms with Gasteiger partial charge >= 0.3 is 0 Å². The van der Waals surface area contributed by atoms with Crippen LogP contribution in [0.4, 0.5) is 0 Å². The average molecular weight is 379 g/mol. The maximum Gasteiger partial charge on any atom is 0.189 e. The number of rotatable bonds is 5. The van der Waals surface area contributed by atoms with Crippen molar-refractivity contribution in [2.45, 2.75) is 80.6 Å². The van der Waals surface area contributed by atoms with E-state index in [1.807, 2.05) is 0 Å². The van der Waals surface area contributed by atoms with Crippen LogP contribution in [0.2, 0.25) is 0 Å². The van der Waals surface area contributed by atoms with Gasteiger partial charge in [-0.15, -0.1) is 0 Å². The van der Waals surface area contributed by atoms with Crippen molar-refractivity contribution in [3.05, 3.63) is 57.7 Å². The molecule has 2 aliphatic carbocycles. The van der Waals surface area contributed by atoms with Crippen LogP contribution in [0.15, 0.2) is 41.0 Å². The van der Waals surface area contributed by atoms with Crippen molar-refractivity contribution in [2.24, 2.45) is 23.2 Å². The fourth-order valence-corrected chi connectivity index (χ4v) is 6.32. The van der Waals surface area contributed by atoms with Gasteiger partial charge in [0, 0.05) is 11.1 Å². The van der Waals surface area contributed by atoms with Crippen LogP contribution < -0.4 is 0 Å². The highest BCUT2D eigenvalue weighted by Crippen LogP contribution is 2.57. The van der Waals surface area contributed by atoms with Crippen molar-refractivity contribution in [2.75, 3.05) is 0 Å². The highest BCUT2D eigenvalue weighted by Gasteiger charge is 2.48. The van der Waals surface area contributed by atoms with Gasteiger partial charge in [-0.25, -0.2) is 0 Å². The maximum atomic E-state index is 13.4. The first-order valence-corrected chi connectivity index (χ1v) is 11.1. The monoisotopic (exact) mass is 378 g/mol. The molecular formula is C27H38O. The van der Waals surface area contributed by atoms with Crippen molar-refractivity contribution in [1.82, 2.24) is 0 Å². The molecule has 1 heteroatoms. The number of hydrogen-bond acceptors (Lipinski definition) is 1. The predicted octanol–water partition coefficient (Wildman–Crippen LogP) is 7.66. The average Bonchev–Trinajstić information content (AvgIpc) is 3.08. The van der Waals surface area contributed by atoms with E-state index in [1.165, 1.54) is 35.1 Å². The van der Waals surface area contributed by atoms with E-state index in [0.717, 1.165) is 29.4 Å². The summed E-state index contributed by atoms with van der Waals surface area (Å²) in [6.45, 7) is 18.4. The second kappa shape index (κ2) is 7.65. The number of carbonyl (C=O) groups excluding carboxylic acids is 1. The molecule has 0 N–H and O–H groups in total. The van der Waals surface area contributed by atoms with E-state index in [4.69, 9.17) is 0 Å². The summed E-state index contributed by atoms with van der Waals surface area (Å²) in [5, 5.41) is 0. The van der Waals surface area contributed by atoms with E-state index in [0.29, 0.717) is 17.3 Å². The molecule has 1 aromatic carbocycles. The molecule has 3 rings (SSSR count). The minimum atomic E-state index is 0.231. The minimum absolute atomic E-state index is 0.231. The quantitative estimate of drug-likeness (QED) is 0.481. The summed E-state index contributed by atoms with van der Waals surface area (Å²) in [5.74, 6) is 2.75. The first-order valence-electron chi connectivity index (χ1n) is 11.1. The van der Waals surface area contributed by atoms with Gasteiger partial charge in [-0.2, -0.15) is 0 Å². The number of carbonyl (C=O) groups is 1. The molecule has 0 radical (unpaired) electrons. The number of hydrogen-bond donors (Lipinski definition) is 0. The van der Waals surface area contributed by atoms with Gasteiger partial charge in [0.2, 0.25) is 0 Å². The summed E-state index contributed by atoms with van der Waals surface area (Å²) >= 11 is 0. The Bertz CT molecular complexity index is 836. The molecule has 152 valence electrons. The summed E-state index contributed by atoms with van der Waals surface area (Å²) in [4.78, 5) is 13.4. The molecular weight excluding hydrogens is 340 g/mol. The molecule has 0 saturated heterocycles. The van der Waals surface area contributed by atoms with Crippen molar-refractivity contribution in [1.29, 1.82) is 0 Å². The van der Waals surface area contributed by atoms with Gasteiger partial charge < -0.3 is 0 Å². The van der Waals surface area contributed by atoms with Crippen LogP contribution in [0.1, 0.15) is 95.1 Å². The van der Waals surface area contributed by atoms with E-state index < -0.39 is 0 Å². The number of benzene rings is 1. The Kier molecular flexibility index (Phi) is 5.76. The van der Waals surface area contributed by atoms with Gasteiger partial charge in [0.15, 0.2) is 5.78 Å². The zero-order valence-electron chi connectivity index (χ0n) is 19.1. The molecule has 1 fully saturated rings. The molecule has 0 amide bonds. The van der Waals surface area contributed by atoms with Crippen molar-refractivity contribution in [3.63, 3.8) is 0 Å². The lowest BCUT2D eigenvalue weighted by atomic mass is 9.67. The number of Topliss-reactive ketones (excluding diaryl/α,β-unsaturated/α-hetero) is 1. The molecule has 0 spiro atoms. The summed E-state index contributed by atoms with van der Waals surface area (Å²) in [6.07, 6.45) is 5.40. The predicted molar refractivity (Wildman–Crippen MR) is 120 cm³/mol. The van der Waals surface area contributed by atoms with E-state index in [-0.39, 0.29) is 5.78 Å². The van der Waals surface area contributed by atoms with Gasteiger partial charge in [0.25, 0.3) is 0 Å². The fraction of sp³-hybridized carbons (Fsp3) is 0.593. The normalized spacial score (nSPS) is 27.9. The minimum Gasteiger partial charge on any atom is -0.289 e. The van der Waals surface area contributed by atoms with Gasteiger partial charge in [-0.1, -0.05) is 82.0 Å². The van der Waals surface area contributed by atoms with Crippen LogP contribution in [-0.2, 0) is 0 Å². The number of ketones is 1. The third kappa shape index (κ3) is 3.53. The van der Waals surface area contributed by atoms with E-state index in [9.17, 15) is 4.79 Å². The highest BCUT2D eigenvalue weighted by molar-refractivity contribution is 6.10. The van der Waals surface area contributed by atoms with Crippen LogP contribution in [-0.4, -0.2) is 5.78 Å². The van der Waals surface area contributed by atoms with Gasteiger partial charge in [0.05, 0.1) is 0 Å². The summed E-state index contributed by atoms with van der Waals surface area (Å²) in [6, 6.07) is 6.46. The highest BCUT2D eigenvalue weighted by atomic mass is 16.1. The topological polar surface area (TPSA) is 17.1 Å². The Labute approximate surface area is 172 Å². The van der Waals surface area contributed by atoms with Crippen LogP contribution in [0.5, 0.6) is 0 Å². The second-order valence-electron chi connectivity index (χ2n) is 10.2. The molecule has 4 atom stereocenters. The molecule has 28 heavy (non-hydrogen) atoms. The third-order valence-corrected chi connectivity index (χ3v) is 8.02. The van der Waals surface area contributed by atoms with Crippen LogP contribution in [0.25, 0.3) is 0 Å². The summed E-state index contributed by atoms with van der Waals surface area (Å²) in [5.41, 5.74) is 7.27. The molecule has 2 unspecified atom stereocenters. The zero-order chi connectivity index (χ0) is 20.8. The lowest BCUT2D eigenvalue weighted by Crippen LogP contribution is -2.29. The molecule has 0 heterocycles. The maximum absolute atomic E-state index is 13.4. The zero-order valence-corrected chi connectivity index (χ0v) is 19.1. The van der Waals surface area contributed by atoms with Gasteiger partial charge in [-0.3, -0.25) is 4.79 Å². The molecule has 2 aliphatic rings. The van der Waals surface area contributed by atoms with E-state index in [2.05, 4.69) is 79.7 Å². The molecule has 0 bridgehead atoms. The molecule has 1 saturated carbocycles. The standard InChI is InChI=1S/C27H38O/c1-9-24-19(5)15-25(27(24,7)8)20(6)23-12-16(2)10-11-22(23)26(28)21-13-17(3)18(4)14-21/h10-13,19-20,24-25H,9,14-15H2,1-8H3/t19?,20?,24-,25+/m1/s1. The molecule has 1 nitrogen and oxygen atoms in total. The largest absolute Gasteiger partial charge is 0.289 e. The Balaban J connectivity index is 1.98. The summed E-state index contributed by atoms with van der Waals surface area (Å²) < 4.78 is 0. The van der Waals surface area contributed by atoms with Gasteiger partial charge in [-0.05, 0) is 68.3 Å². The Hall–Kier alpha value is -1.63. The lowest BCUT2D eigenvalue weighted by molar-refractivity contribution is 0.102. The third-order valence-electron chi connectivity index (χ3n) is 8.02. The van der Waals surface area contributed by atoms with E-state index in [1.54, 1.807) is 0 Å². The summed E-state index contributed by atoms with van der Waals surface area (Å²) in [7, 11) is 0. The number of aryl methyl sites for hydroxylation is 1. The van der Waals surface area contributed by atoms with Crippen molar-refractivity contribution in [3.8, 4) is 0 Å². The lowest BCUT2D eigenvalue weighted by Gasteiger charge is -2.37. The number of allylic oxidation sites excluding steroid dienone is 4. The fourth-order valence-electron chi connectivity index (χ4n) is 6.32. The molecule has 1 aromatic rings. The van der Waals surface area contributed by atoms with Crippen molar-refractivity contribution >= 4 is 5.78 Å². The molecule has 0 aliphatic heterocycles. The Morgan fingerprint density at radius 2 is 1.89 bits per heavy atom. The Morgan fingerprint density at radius 1 is 1.21 bits per heavy atom. The van der Waals surface area contributed by atoms with Crippen LogP contribution in [0.3, 0.4) is 0 Å². The van der Waals surface area contributed by atoms with Crippen LogP contribution >= 0.6 is 0 Å². The first kappa shape index (κ1) is 21.1. The smallest absolute Gasteiger partial charge is 0.189 e.